The van der Waals surface area contributed by atoms with Crippen molar-refractivity contribution in [2.75, 3.05) is 6.54 Å². The Morgan fingerprint density at radius 1 is 1.04 bits per heavy atom. The SMILES string of the molecule is O=C(CNC(=O)c1ccc(F)cc1)N/N=C\c1c(O)ccc2ccccc12. The zero-order chi connectivity index (χ0) is 19.2. The molecule has 136 valence electrons. The predicted octanol–water partition coefficient (Wildman–Crippen LogP) is 2.56. The first-order valence-corrected chi connectivity index (χ1v) is 8.11. The molecule has 3 N–H and O–H groups in total. The van der Waals surface area contributed by atoms with Crippen molar-refractivity contribution in [3.8, 4) is 5.75 Å². The summed E-state index contributed by atoms with van der Waals surface area (Å²) in [6, 6.07) is 15.8. The minimum atomic E-state index is -0.540. The van der Waals surface area contributed by atoms with Gasteiger partial charge in [-0.1, -0.05) is 30.3 Å². The number of hydrogen-bond donors (Lipinski definition) is 3. The van der Waals surface area contributed by atoms with Gasteiger partial charge in [0.1, 0.15) is 11.6 Å². The Bertz CT molecular complexity index is 1020. The summed E-state index contributed by atoms with van der Waals surface area (Å²) < 4.78 is 12.8. The van der Waals surface area contributed by atoms with Crippen LogP contribution in [-0.4, -0.2) is 29.7 Å². The summed E-state index contributed by atoms with van der Waals surface area (Å²) in [7, 11) is 0. The van der Waals surface area contributed by atoms with Crippen molar-refractivity contribution in [3.63, 3.8) is 0 Å². The predicted molar refractivity (Wildman–Crippen MR) is 100 cm³/mol. The Morgan fingerprint density at radius 3 is 2.56 bits per heavy atom. The third kappa shape index (κ3) is 4.46. The van der Waals surface area contributed by atoms with Crippen LogP contribution < -0.4 is 10.7 Å². The second-order valence-electron chi connectivity index (χ2n) is 5.70. The lowest BCUT2D eigenvalue weighted by Gasteiger charge is -2.06. The molecule has 0 saturated heterocycles. The number of rotatable bonds is 5. The average Bonchev–Trinajstić information content (AvgIpc) is 2.68. The number of aromatic hydroxyl groups is 1. The summed E-state index contributed by atoms with van der Waals surface area (Å²) in [4.78, 5) is 23.7. The van der Waals surface area contributed by atoms with Crippen LogP contribution in [0, 0.1) is 5.82 Å². The molecule has 2 amide bonds. The Hall–Kier alpha value is -3.74. The number of carbonyl (C=O) groups is 2. The van der Waals surface area contributed by atoms with Gasteiger partial charge in [-0.2, -0.15) is 5.10 Å². The molecule has 3 rings (SSSR count). The van der Waals surface area contributed by atoms with Crippen LogP contribution >= 0.6 is 0 Å². The monoisotopic (exact) mass is 365 g/mol. The van der Waals surface area contributed by atoms with Gasteiger partial charge in [-0.15, -0.1) is 0 Å². The first-order valence-electron chi connectivity index (χ1n) is 8.11. The van der Waals surface area contributed by atoms with Crippen molar-refractivity contribution in [3.05, 3.63) is 77.6 Å². The van der Waals surface area contributed by atoms with Crippen molar-refractivity contribution in [1.82, 2.24) is 10.7 Å². The molecule has 0 unspecified atom stereocenters. The zero-order valence-corrected chi connectivity index (χ0v) is 14.1. The highest BCUT2D eigenvalue weighted by Crippen LogP contribution is 2.25. The van der Waals surface area contributed by atoms with Crippen molar-refractivity contribution < 1.29 is 19.1 Å². The minimum Gasteiger partial charge on any atom is -0.507 e. The van der Waals surface area contributed by atoms with Crippen LogP contribution in [0.25, 0.3) is 10.8 Å². The Kier molecular flexibility index (Phi) is 5.41. The molecule has 0 bridgehead atoms. The van der Waals surface area contributed by atoms with Crippen LogP contribution in [0.2, 0.25) is 0 Å². The molecule has 3 aromatic carbocycles. The lowest BCUT2D eigenvalue weighted by molar-refractivity contribution is -0.120. The van der Waals surface area contributed by atoms with Crippen molar-refractivity contribution >= 4 is 28.8 Å². The fourth-order valence-corrected chi connectivity index (χ4v) is 2.49. The van der Waals surface area contributed by atoms with Crippen molar-refractivity contribution in [2.24, 2.45) is 5.10 Å². The van der Waals surface area contributed by atoms with E-state index in [-0.39, 0.29) is 17.9 Å². The number of carbonyl (C=O) groups excluding carboxylic acids is 2. The van der Waals surface area contributed by atoms with E-state index in [0.29, 0.717) is 5.56 Å². The maximum absolute atomic E-state index is 12.8. The molecule has 0 heterocycles. The maximum atomic E-state index is 12.8. The number of fused-ring (bicyclic) bond motifs is 1. The molecular formula is C20H16FN3O3. The van der Waals surface area contributed by atoms with Crippen LogP contribution in [0.15, 0.2) is 65.8 Å². The summed E-state index contributed by atoms with van der Waals surface area (Å²) in [6.07, 6.45) is 1.34. The average molecular weight is 365 g/mol. The van der Waals surface area contributed by atoms with Crippen molar-refractivity contribution in [2.45, 2.75) is 0 Å². The van der Waals surface area contributed by atoms with Crippen LogP contribution in [0.4, 0.5) is 4.39 Å². The van der Waals surface area contributed by atoms with Gasteiger partial charge in [0.05, 0.1) is 12.8 Å². The maximum Gasteiger partial charge on any atom is 0.259 e. The number of amides is 2. The largest absolute Gasteiger partial charge is 0.507 e. The molecule has 0 aliphatic rings. The number of nitrogens with one attached hydrogen (secondary N) is 2. The number of phenolic OH excluding ortho intramolecular Hbond substituents is 1. The van der Waals surface area contributed by atoms with Crippen LogP contribution in [0.1, 0.15) is 15.9 Å². The summed E-state index contributed by atoms with van der Waals surface area (Å²) in [6.45, 7) is -0.297. The summed E-state index contributed by atoms with van der Waals surface area (Å²) in [5, 5.41) is 18.0. The molecule has 6 nitrogen and oxygen atoms in total. The Labute approximate surface area is 154 Å². The van der Waals surface area contributed by atoms with Gasteiger partial charge in [0.2, 0.25) is 0 Å². The lowest BCUT2D eigenvalue weighted by atomic mass is 10.0. The zero-order valence-electron chi connectivity index (χ0n) is 14.1. The molecule has 0 aliphatic heterocycles. The molecule has 0 aliphatic carbocycles. The van der Waals surface area contributed by atoms with Gasteiger partial charge in [-0.3, -0.25) is 9.59 Å². The third-order valence-electron chi connectivity index (χ3n) is 3.85. The van der Waals surface area contributed by atoms with E-state index in [1.807, 2.05) is 24.3 Å². The molecular weight excluding hydrogens is 349 g/mol. The number of nitrogens with zero attached hydrogens (tertiary/aromatic N) is 1. The minimum absolute atomic E-state index is 0.0383. The Morgan fingerprint density at radius 2 is 1.78 bits per heavy atom. The summed E-state index contributed by atoms with van der Waals surface area (Å²) in [5.74, 6) is -1.45. The van der Waals surface area contributed by atoms with Crippen LogP contribution in [-0.2, 0) is 4.79 Å². The van der Waals surface area contributed by atoms with Crippen LogP contribution in [0.3, 0.4) is 0 Å². The highest BCUT2D eigenvalue weighted by atomic mass is 19.1. The van der Waals surface area contributed by atoms with Gasteiger partial charge in [0.15, 0.2) is 0 Å². The highest BCUT2D eigenvalue weighted by Gasteiger charge is 2.08. The standard InChI is InChI=1S/C20H16FN3O3/c21-15-8-5-14(6-9-15)20(27)22-12-19(26)24-23-11-17-16-4-2-1-3-13(16)7-10-18(17)25/h1-11,25H,12H2,(H,22,27)(H,24,26)/b23-11-. The molecule has 0 fully saturated rings. The Balaban J connectivity index is 1.59. The lowest BCUT2D eigenvalue weighted by Crippen LogP contribution is -2.34. The first-order chi connectivity index (χ1) is 13.0. The third-order valence-corrected chi connectivity index (χ3v) is 3.85. The quantitative estimate of drug-likeness (QED) is 0.479. The van der Waals surface area contributed by atoms with Gasteiger partial charge < -0.3 is 10.4 Å². The first kappa shape index (κ1) is 18.1. The molecule has 0 aromatic heterocycles. The van der Waals surface area contributed by atoms with E-state index in [2.05, 4.69) is 15.8 Å². The van der Waals surface area contributed by atoms with Gasteiger partial charge in [-0.05, 0) is 41.1 Å². The van der Waals surface area contributed by atoms with E-state index in [0.717, 1.165) is 22.9 Å². The van der Waals surface area contributed by atoms with Gasteiger partial charge >= 0.3 is 0 Å². The summed E-state index contributed by atoms with van der Waals surface area (Å²) in [5.41, 5.74) is 3.00. The van der Waals surface area contributed by atoms with E-state index in [1.165, 1.54) is 18.3 Å². The van der Waals surface area contributed by atoms with E-state index in [1.54, 1.807) is 12.1 Å². The number of halogens is 1. The fraction of sp³-hybridized carbons (Fsp3) is 0.0500. The molecule has 27 heavy (non-hydrogen) atoms. The highest BCUT2D eigenvalue weighted by molar-refractivity contribution is 6.02. The summed E-state index contributed by atoms with van der Waals surface area (Å²) >= 11 is 0. The van der Waals surface area contributed by atoms with Crippen LogP contribution in [0.5, 0.6) is 5.75 Å². The second kappa shape index (κ2) is 8.09. The molecule has 0 spiro atoms. The number of phenols is 1. The smallest absolute Gasteiger partial charge is 0.259 e. The topological polar surface area (TPSA) is 90.8 Å². The van der Waals surface area contributed by atoms with Gasteiger partial charge in [-0.25, -0.2) is 9.82 Å². The number of hydrogen-bond acceptors (Lipinski definition) is 4. The molecule has 0 radical (unpaired) electrons. The molecule has 0 atom stereocenters. The van der Waals surface area contributed by atoms with E-state index in [9.17, 15) is 19.1 Å². The van der Waals surface area contributed by atoms with E-state index < -0.39 is 17.6 Å². The normalized spacial score (nSPS) is 10.9. The van der Waals surface area contributed by atoms with Gasteiger partial charge in [0.25, 0.3) is 11.8 Å². The van der Waals surface area contributed by atoms with Crippen molar-refractivity contribution in [1.29, 1.82) is 0 Å². The van der Waals surface area contributed by atoms with Gasteiger partial charge in [0, 0.05) is 11.1 Å². The van der Waals surface area contributed by atoms with E-state index in [4.69, 9.17) is 0 Å². The number of hydrazone groups is 1. The molecule has 0 saturated carbocycles. The second-order valence-corrected chi connectivity index (χ2v) is 5.70. The number of benzene rings is 3. The molecule has 7 heteroatoms. The van der Waals surface area contributed by atoms with E-state index >= 15 is 0 Å². The molecule has 3 aromatic rings. The fourth-order valence-electron chi connectivity index (χ4n) is 2.49.